The van der Waals surface area contributed by atoms with Crippen LogP contribution >= 0.6 is 27.7 Å². The summed E-state index contributed by atoms with van der Waals surface area (Å²) in [6, 6.07) is 3.84. The van der Waals surface area contributed by atoms with Gasteiger partial charge in [0.05, 0.1) is 6.61 Å². The second-order valence-corrected chi connectivity index (χ2v) is 6.13. The van der Waals surface area contributed by atoms with Crippen molar-refractivity contribution in [3.8, 4) is 0 Å². The van der Waals surface area contributed by atoms with Crippen LogP contribution in [0.3, 0.4) is 0 Å². The van der Waals surface area contributed by atoms with Crippen molar-refractivity contribution in [3.05, 3.63) is 22.8 Å². The minimum absolute atomic E-state index is 0.210. The lowest BCUT2D eigenvalue weighted by Crippen LogP contribution is -2.49. The van der Waals surface area contributed by atoms with Crippen LogP contribution in [0.5, 0.6) is 0 Å². The molecule has 1 N–H and O–H groups in total. The predicted molar refractivity (Wildman–Crippen MR) is 81.4 cm³/mol. The van der Waals surface area contributed by atoms with Crippen molar-refractivity contribution < 1.29 is 9.53 Å². The first kappa shape index (κ1) is 16.5. The number of carbonyl (C=O) groups is 1. The summed E-state index contributed by atoms with van der Waals surface area (Å²) in [6.07, 6.45) is 2.44. The van der Waals surface area contributed by atoms with E-state index in [0.717, 1.165) is 15.3 Å². The summed E-state index contributed by atoms with van der Waals surface area (Å²) >= 11 is 5.08. The van der Waals surface area contributed by atoms with Gasteiger partial charge in [-0.15, -0.1) is 11.8 Å². The quantitative estimate of drug-likeness (QED) is 0.607. The van der Waals surface area contributed by atoms with Gasteiger partial charge in [0, 0.05) is 16.4 Å². The Morgan fingerprint density at radius 3 is 2.95 bits per heavy atom. The maximum Gasteiger partial charge on any atom is 0.326 e. The van der Waals surface area contributed by atoms with Crippen LogP contribution in [0.4, 0.5) is 0 Å². The number of esters is 1. The number of rotatable bonds is 7. The van der Waals surface area contributed by atoms with Crippen LogP contribution in [0, 0.1) is 0 Å². The average molecular weight is 347 g/mol. The summed E-state index contributed by atoms with van der Waals surface area (Å²) in [7, 11) is 1.78. The van der Waals surface area contributed by atoms with Crippen molar-refractivity contribution >= 4 is 33.7 Å². The minimum atomic E-state index is -0.649. The first-order chi connectivity index (χ1) is 9.03. The van der Waals surface area contributed by atoms with Crippen LogP contribution in [0.1, 0.15) is 20.3 Å². The monoisotopic (exact) mass is 346 g/mol. The molecular formula is C13H19BrN2O2S. The highest BCUT2D eigenvalue weighted by Crippen LogP contribution is 2.27. The van der Waals surface area contributed by atoms with Gasteiger partial charge in [-0.05, 0) is 55.4 Å². The molecule has 0 fully saturated rings. The molecule has 0 spiro atoms. The van der Waals surface area contributed by atoms with Crippen molar-refractivity contribution in [2.45, 2.75) is 30.8 Å². The highest BCUT2D eigenvalue weighted by Gasteiger charge is 2.32. The molecule has 1 rings (SSSR count). The maximum atomic E-state index is 11.9. The van der Waals surface area contributed by atoms with E-state index in [2.05, 4.69) is 26.2 Å². The lowest BCUT2D eigenvalue weighted by atomic mass is 10.00. The summed E-state index contributed by atoms with van der Waals surface area (Å²) in [4.78, 5) is 16.2. The molecule has 0 aliphatic carbocycles. The molecule has 0 aromatic carbocycles. The molecule has 1 aromatic heterocycles. The summed E-state index contributed by atoms with van der Waals surface area (Å²) in [6.45, 7) is 4.07. The number of hydrogen-bond donors (Lipinski definition) is 1. The molecule has 0 bridgehead atoms. The topological polar surface area (TPSA) is 51.2 Å². The molecule has 4 nitrogen and oxygen atoms in total. The number of hydrogen-bond acceptors (Lipinski definition) is 5. The number of ether oxygens (including phenoxy) is 1. The van der Waals surface area contributed by atoms with Gasteiger partial charge in [0.1, 0.15) is 10.6 Å². The molecule has 19 heavy (non-hydrogen) atoms. The van der Waals surface area contributed by atoms with Gasteiger partial charge < -0.3 is 10.1 Å². The number of likely N-dealkylation sites (N-methyl/N-ethyl adjacent to an activating group) is 1. The van der Waals surface area contributed by atoms with Crippen LogP contribution in [0.2, 0.25) is 0 Å². The van der Waals surface area contributed by atoms with E-state index in [1.807, 2.05) is 26.0 Å². The Kier molecular flexibility index (Phi) is 6.82. The van der Waals surface area contributed by atoms with Crippen LogP contribution in [-0.2, 0) is 9.53 Å². The molecule has 0 saturated heterocycles. The Morgan fingerprint density at radius 2 is 2.37 bits per heavy atom. The van der Waals surface area contributed by atoms with Crippen molar-refractivity contribution in [2.75, 3.05) is 19.4 Å². The van der Waals surface area contributed by atoms with E-state index < -0.39 is 5.54 Å². The Balaban J connectivity index is 2.55. The van der Waals surface area contributed by atoms with E-state index in [4.69, 9.17) is 4.74 Å². The Labute approximate surface area is 126 Å². The number of thioether (sulfide) groups is 1. The Hall–Kier alpha value is -0.590. The SMILES string of the molecule is CCOC(=O)C(C)(CCSc1ncccc1Br)NC. The highest BCUT2D eigenvalue weighted by molar-refractivity contribution is 9.10. The van der Waals surface area contributed by atoms with Crippen molar-refractivity contribution in [3.63, 3.8) is 0 Å². The fraction of sp³-hybridized carbons (Fsp3) is 0.538. The smallest absolute Gasteiger partial charge is 0.326 e. The summed E-state index contributed by atoms with van der Waals surface area (Å²) < 4.78 is 6.06. The maximum absolute atomic E-state index is 11.9. The number of halogens is 1. The summed E-state index contributed by atoms with van der Waals surface area (Å²) in [5, 5.41) is 3.98. The van der Waals surface area contributed by atoms with E-state index in [9.17, 15) is 4.79 Å². The molecule has 1 heterocycles. The zero-order chi connectivity index (χ0) is 14.3. The van der Waals surface area contributed by atoms with Crippen LogP contribution in [-0.4, -0.2) is 35.9 Å². The minimum Gasteiger partial charge on any atom is -0.465 e. The number of nitrogens with zero attached hydrogens (tertiary/aromatic N) is 1. The number of carbonyl (C=O) groups excluding carboxylic acids is 1. The number of pyridine rings is 1. The Bertz CT molecular complexity index is 431. The lowest BCUT2D eigenvalue weighted by molar-refractivity contribution is -0.150. The van der Waals surface area contributed by atoms with Gasteiger partial charge in [-0.2, -0.15) is 0 Å². The first-order valence-corrected chi connectivity index (χ1v) is 7.91. The van der Waals surface area contributed by atoms with Crippen molar-refractivity contribution in [1.82, 2.24) is 10.3 Å². The lowest BCUT2D eigenvalue weighted by Gasteiger charge is -2.26. The van der Waals surface area contributed by atoms with Crippen molar-refractivity contribution in [2.24, 2.45) is 0 Å². The number of aromatic nitrogens is 1. The average Bonchev–Trinajstić information content (AvgIpc) is 2.41. The zero-order valence-electron chi connectivity index (χ0n) is 11.4. The molecule has 1 unspecified atom stereocenters. The van der Waals surface area contributed by atoms with Crippen LogP contribution < -0.4 is 5.32 Å². The van der Waals surface area contributed by atoms with E-state index in [-0.39, 0.29) is 5.97 Å². The van der Waals surface area contributed by atoms with Gasteiger partial charge in [-0.25, -0.2) is 4.98 Å². The van der Waals surface area contributed by atoms with E-state index in [1.54, 1.807) is 25.0 Å². The molecule has 0 aliphatic rings. The second-order valence-electron chi connectivity index (χ2n) is 4.19. The third-order valence-corrected chi connectivity index (χ3v) is 4.75. The van der Waals surface area contributed by atoms with Crippen molar-refractivity contribution in [1.29, 1.82) is 0 Å². The second kappa shape index (κ2) is 7.87. The van der Waals surface area contributed by atoms with Crippen LogP contribution in [0.25, 0.3) is 0 Å². The standard InChI is InChI=1S/C13H19BrN2O2S/c1-4-18-12(17)13(2,15-3)7-9-19-11-10(14)6-5-8-16-11/h5-6,8,15H,4,7,9H2,1-3H3. The zero-order valence-corrected chi connectivity index (χ0v) is 13.8. The largest absolute Gasteiger partial charge is 0.465 e. The first-order valence-electron chi connectivity index (χ1n) is 6.13. The van der Waals surface area contributed by atoms with E-state index in [0.29, 0.717) is 13.0 Å². The highest BCUT2D eigenvalue weighted by atomic mass is 79.9. The molecule has 0 radical (unpaired) electrons. The van der Waals surface area contributed by atoms with Gasteiger partial charge in [0.25, 0.3) is 0 Å². The molecule has 0 aliphatic heterocycles. The molecule has 0 saturated carbocycles. The molecule has 1 aromatic rings. The predicted octanol–water partition coefficient (Wildman–Crippen LogP) is 2.87. The van der Waals surface area contributed by atoms with E-state index in [1.165, 1.54) is 0 Å². The normalized spacial score (nSPS) is 13.9. The van der Waals surface area contributed by atoms with Gasteiger partial charge in [0.2, 0.25) is 0 Å². The third kappa shape index (κ3) is 4.78. The van der Waals surface area contributed by atoms with Gasteiger partial charge in [-0.3, -0.25) is 4.79 Å². The Morgan fingerprint density at radius 1 is 1.63 bits per heavy atom. The molecule has 6 heteroatoms. The summed E-state index contributed by atoms with van der Waals surface area (Å²) in [5.74, 6) is 0.573. The summed E-state index contributed by atoms with van der Waals surface area (Å²) in [5.41, 5.74) is -0.649. The molecule has 106 valence electrons. The van der Waals surface area contributed by atoms with Gasteiger partial charge in [0.15, 0.2) is 0 Å². The molecule has 0 amide bonds. The fourth-order valence-corrected chi connectivity index (χ4v) is 3.09. The number of nitrogens with one attached hydrogen (secondary N) is 1. The van der Waals surface area contributed by atoms with Gasteiger partial charge in [-0.1, -0.05) is 0 Å². The molecular weight excluding hydrogens is 328 g/mol. The fourth-order valence-electron chi connectivity index (χ4n) is 1.45. The molecule has 1 atom stereocenters. The third-order valence-electron chi connectivity index (χ3n) is 2.84. The van der Waals surface area contributed by atoms with E-state index >= 15 is 0 Å². The van der Waals surface area contributed by atoms with Crippen LogP contribution in [0.15, 0.2) is 27.8 Å². The van der Waals surface area contributed by atoms with Gasteiger partial charge >= 0.3 is 5.97 Å².